The van der Waals surface area contributed by atoms with Crippen LogP contribution in [0, 0.1) is 11.3 Å². The number of carbonyl (C=O) groups excluding carboxylic acids is 3. The Hall–Kier alpha value is -2.91. The normalized spacial score (nSPS) is 25.0. The molecular formula is C21H27F2N3O5. The van der Waals surface area contributed by atoms with E-state index >= 15 is 0 Å². The molecule has 31 heavy (non-hydrogen) atoms. The van der Waals surface area contributed by atoms with Crippen molar-refractivity contribution < 1.29 is 32.6 Å². The zero-order chi connectivity index (χ0) is 23.0. The molecule has 8 nitrogen and oxygen atoms in total. The predicted octanol–water partition coefficient (Wildman–Crippen LogP) is 3.37. The number of anilines is 1. The molecule has 170 valence electrons. The van der Waals surface area contributed by atoms with Crippen LogP contribution in [0.1, 0.15) is 40.0 Å². The van der Waals surface area contributed by atoms with Gasteiger partial charge < -0.3 is 20.1 Å². The molecule has 4 amide bonds. The van der Waals surface area contributed by atoms with Gasteiger partial charge in [-0.25, -0.2) is 4.79 Å². The second kappa shape index (κ2) is 8.32. The van der Waals surface area contributed by atoms with Crippen molar-refractivity contribution in [1.29, 1.82) is 0 Å². The smallest absolute Gasteiger partial charge is 0.387 e. The van der Waals surface area contributed by atoms with Gasteiger partial charge in [-0.15, -0.1) is 0 Å². The molecule has 3 rings (SSSR count). The Morgan fingerprint density at radius 3 is 2.61 bits per heavy atom. The lowest BCUT2D eigenvalue weighted by atomic mass is 9.64. The van der Waals surface area contributed by atoms with E-state index in [1.165, 1.54) is 25.3 Å². The summed E-state index contributed by atoms with van der Waals surface area (Å²) in [7, 11) is 1.30. The number of ether oxygens (including phenoxy) is 2. The van der Waals surface area contributed by atoms with Crippen LogP contribution >= 0.6 is 0 Å². The first-order chi connectivity index (χ1) is 14.4. The molecular weight excluding hydrogens is 412 g/mol. The van der Waals surface area contributed by atoms with Crippen LogP contribution in [0.3, 0.4) is 0 Å². The predicted molar refractivity (Wildman–Crippen MR) is 108 cm³/mol. The van der Waals surface area contributed by atoms with Gasteiger partial charge in [0.2, 0.25) is 5.91 Å². The highest BCUT2D eigenvalue weighted by Crippen LogP contribution is 2.46. The fourth-order valence-electron chi connectivity index (χ4n) is 4.94. The fourth-order valence-corrected chi connectivity index (χ4v) is 4.94. The molecule has 1 aromatic carbocycles. The molecule has 2 N–H and O–H groups in total. The molecule has 1 aliphatic heterocycles. The lowest BCUT2D eigenvalue weighted by molar-refractivity contribution is -0.136. The molecule has 1 spiro atoms. The summed E-state index contributed by atoms with van der Waals surface area (Å²) in [5.41, 5.74) is -0.962. The van der Waals surface area contributed by atoms with Gasteiger partial charge in [0.05, 0.1) is 7.11 Å². The molecule has 10 heteroatoms. The van der Waals surface area contributed by atoms with Crippen molar-refractivity contribution in [3.05, 3.63) is 18.2 Å². The average molecular weight is 439 g/mol. The summed E-state index contributed by atoms with van der Waals surface area (Å²) in [6.45, 7) is 2.60. The van der Waals surface area contributed by atoms with Crippen LogP contribution in [-0.4, -0.2) is 48.6 Å². The summed E-state index contributed by atoms with van der Waals surface area (Å²) in [5, 5.41) is 5.31. The highest BCUT2D eigenvalue weighted by atomic mass is 19.3. The van der Waals surface area contributed by atoms with Crippen molar-refractivity contribution in [2.75, 3.05) is 19.0 Å². The topological polar surface area (TPSA) is 97.0 Å². The first-order valence-corrected chi connectivity index (χ1v) is 10.0. The number of nitrogens with one attached hydrogen (secondary N) is 2. The van der Waals surface area contributed by atoms with Crippen LogP contribution in [0.15, 0.2) is 18.2 Å². The largest absolute Gasteiger partial charge is 0.493 e. The van der Waals surface area contributed by atoms with Crippen LogP contribution in [0.5, 0.6) is 11.5 Å². The quantitative estimate of drug-likeness (QED) is 0.663. The molecule has 1 saturated heterocycles. The molecule has 1 aliphatic carbocycles. The lowest BCUT2D eigenvalue weighted by Gasteiger charge is -2.43. The average Bonchev–Trinajstić information content (AvgIpc) is 2.83. The number of carbonyl (C=O) groups is 3. The third-order valence-corrected chi connectivity index (χ3v) is 5.59. The molecule has 1 heterocycles. The molecule has 1 saturated carbocycles. The molecule has 0 bridgehead atoms. The SMILES string of the molecule is COc1ccc(NC(=O)CN2C(=O)NC3(CC(C)CC(C)(C)C3)C2=O)cc1OC(F)F. The Morgan fingerprint density at radius 1 is 1.29 bits per heavy atom. The zero-order valence-corrected chi connectivity index (χ0v) is 18.0. The first-order valence-electron chi connectivity index (χ1n) is 10.0. The minimum absolute atomic E-state index is 0.0726. The van der Waals surface area contributed by atoms with E-state index in [9.17, 15) is 23.2 Å². The van der Waals surface area contributed by atoms with Crippen molar-refractivity contribution in [2.24, 2.45) is 11.3 Å². The van der Waals surface area contributed by atoms with Gasteiger partial charge in [0, 0.05) is 11.8 Å². The van der Waals surface area contributed by atoms with Crippen molar-refractivity contribution in [1.82, 2.24) is 10.2 Å². The second-order valence-corrected chi connectivity index (χ2v) is 9.05. The number of hydrogen-bond donors (Lipinski definition) is 2. The highest BCUT2D eigenvalue weighted by molar-refractivity contribution is 6.10. The van der Waals surface area contributed by atoms with Crippen molar-refractivity contribution >= 4 is 23.5 Å². The van der Waals surface area contributed by atoms with E-state index < -0.39 is 36.5 Å². The van der Waals surface area contributed by atoms with E-state index in [1.807, 2.05) is 6.92 Å². The maximum absolute atomic E-state index is 13.1. The number of nitrogens with zero attached hydrogens (tertiary/aromatic N) is 1. The number of hydrogen-bond acceptors (Lipinski definition) is 5. The Morgan fingerprint density at radius 2 is 2.00 bits per heavy atom. The number of rotatable bonds is 6. The summed E-state index contributed by atoms with van der Waals surface area (Å²) in [6.07, 6.45) is 1.96. The summed E-state index contributed by atoms with van der Waals surface area (Å²) in [5.74, 6) is -0.985. The van der Waals surface area contributed by atoms with Crippen LogP contribution in [0.4, 0.5) is 19.3 Å². The van der Waals surface area contributed by atoms with Gasteiger partial charge in [-0.1, -0.05) is 20.8 Å². The summed E-state index contributed by atoms with van der Waals surface area (Å²) >= 11 is 0. The molecule has 0 radical (unpaired) electrons. The third kappa shape index (κ3) is 4.88. The van der Waals surface area contributed by atoms with E-state index in [-0.39, 0.29) is 28.5 Å². The molecule has 2 atom stereocenters. The number of urea groups is 1. The molecule has 0 aromatic heterocycles. The van der Waals surface area contributed by atoms with E-state index in [0.717, 1.165) is 11.3 Å². The van der Waals surface area contributed by atoms with Crippen LogP contribution in [-0.2, 0) is 9.59 Å². The van der Waals surface area contributed by atoms with Gasteiger partial charge in [0.1, 0.15) is 12.1 Å². The summed E-state index contributed by atoms with van der Waals surface area (Å²) in [6, 6.07) is 3.37. The van der Waals surface area contributed by atoms with Crippen LogP contribution in [0.25, 0.3) is 0 Å². The Bertz CT molecular complexity index is 892. The minimum Gasteiger partial charge on any atom is -0.493 e. The maximum Gasteiger partial charge on any atom is 0.387 e. The summed E-state index contributed by atoms with van der Waals surface area (Å²) < 4.78 is 34.5. The number of halogens is 2. The first kappa shape index (κ1) is 22.8. The van der Waals surface area contributed by atoms with Gasteiger partial charge in [-0.3, -0.25) is 14.5 Å². The minimum atomic E-state index is -3.07. The number of methoxy groups -OCH3 is 1. The monoisotopic (exact) mass is 439 g/mol. The van der Waals surface area contributed by atoms with E-state index in [2.05, 4.69) is 29.2 Å². The van der Waals surface area contributed by atoms with Gasteiger partial charge in [-0.2, -0.15) is 8.78 Å². The standard InChI is InChI=1S/C21H27F2N3O5/c1-12-8-20(2,3)11-21(9-12)17(28)26(19(29)25-21)10-16(27)24-13-5-6-14(30-4)15(7-13)31-18(22)23/h5-7,12,18H,8-11H2,1-4H3,(H,24,27)(H,25,29). The number of imide groups is 1. The maximum atomic E-state index is 13.1. The number of benzene rings is 1. The van der Waals surface area contributed by atoms with Crippen LogP contribution in [0.2, 0.25) is 0 Å². The number of alkyl halides is 2. The second-order valence-electron chi connectivity index (χ2n) is 9.05. The molecule has 2 fully saturated rings. The van der Waals surface area contributed by atoms with Gasteiger partial charge in [0.15, 0.2) is 11.5 Å². The Balaban J connectivity index is 1.71. The van der Waals surface area contributed by atoms with E-state index in [4.69, 9.17) is 4.74 Å². The van der Waals surface area contributed by atoms with Gasteiger partial charge >= 0.3 is 12.6 Å². The van der Waals surface area contributed by atoms with Crippen molar-refractivity contribution in [3.63, 3.8) is 0 Å². The highest BCUT2D eigenvalue weighted by Gasteiger charge is 2.56. The van der Waals surface area contributed by atoms with Crippen LogP contribution < -0.4 is 20.1 Å². The van der Waals surface area contributed by atoms with Gasteiger partial charge in [0.25, 0.3) is 5.91 Å². The van der Waals surface area contributed by atoms with E-state index in [1.54, 1.807) is 0 Å². The number of amides is 4. The van der Waals surface area contributed by atoms with Crippen molar-refractivity contribution in [2.45, 2.75) is 52.2 Å². The van der Waals surface area contributed by atoms with Crippen molar-refractivity contribution in [3.8, 4) is 11.5 Å². The molecule has 2 aliphatic rings. The molecule has 2 unspecified atom stereocenters. The Labute approximate surface area is 179 Å². The lowest BCUT2D eigenvalue weighted by Crippen LogP contribution is -2.54. The zero-order valence-electron chi connectivity index (χ0n) is 18.0. The third-order valence-electron chi connectivity index (χ3n) is 5.59. The summed E-state index contributed by atoms with van der Waals surface area (Å²) in [4.78, 5) is 39.0. The fraction of sp³-hybridized carbons (Fsp3) is 0.571. The van der Waals surface area contributed by atoms with E-state index in [0.29, 0.717) is 12.8 Å². The molecule has 1 aromatic rings. The Kier molecular flexibility index (Phi) is 6.11. The van der Waals surface area contributed by atoms with Gasteiger partial charge in [-0.05, 0) is 42.7 Å².